The zero-order valence-electron chi connectivity index (χ0n) is 6.10. The molecular formula is C4H11O5PS. The van der Waals surface area contributed by atoms with Crippen LogP contribution in [0.4, 0.5) is 0 Å². The van der Waals surface area contributed by atoms with Crippen molar-refractivity contribution in [1.82, 2.24) is 0 Å². The highest BCUT2D eigenvalue weighted by atomic mass is 32.2. The molecule has 0 aromatic heterocycles. The maximum absolute atomic E-state index is 10.8. The molecule has 7 heteroatoms. The van der Waals surface area contributed by atoms with Crippen molar-refractivity contribution in [1.29, 1.82) is 0 Å². The van der Waals surface area contributed by atoms with Gasteiger partial charge in [0.2, 0.25) is 0 Å². The Labute approximate surface area is 65.5 Å². The molecule has 0 aliphatic heterocycles. The van der Waals surface area contributed by atoms with Gasteiger partial charge in [0.25, 0.3) is 0 Å². The lowest BCUT2D eigenvalue weighted by Crippen LogP contribution is -2.10. The Bertz CT molecular complexity index is 250. The molecule has 0 amide bonds. The zero-order valence-corrected chi connectivity index (χ0v) is 7.81. The van der Waals surface area contributed by atoms with Crippen molar-refractivity contribution in [3.63, 3.8) is 0 Å². The molecule has 0 atom stereocenters. The summed E-state index contributed by atoms with van der Waals surface area (Å²) in [5.74, 6) is -0.169. The second-order valence-corrected chi connectivity index (χ2v) is 6.50. The topological polar surface area (TPSA) is 91.7 Å². The van der Waals surface area contributed by atoms with E-state index in [1.165, 1.54) is 0 Å². The largest absolute Gasteiger partial charge is 0.340 e. The summed E-state index contributed by atoms with van der Waals surface area (Å²) in [4.78, 5) is 16.6. The highest BCUT2D eigenvalue weighted by Gasteiger charge is 2.23. The normalized spacial score (nSPS) is 13.4. The Morgan fingerprint density at radius 1 is 1.36 bits per heavy atom. The van der Waals surface area contributed by atoms with E-state index in [9.17, 15) is 13.0 Å². The third-order valence-corrected chi connectivity index (χ3v) is 4.83. The van der Waals surface area contributed by atoms with E-state index < -0.39 is 22.9 Å². The molecule has 0 unspecified atom stereocenters. The lowest BCUT2D eigenvalue weighted by Gasteiger charge is -2.03. The number of hydrogen-bond donors (Lipinski definition) is 2. The van der Waals surface area contributed by atoms with Gasteiger partial charge < -0.3 is 9.79 Å². The minimum Gasteiger partial charge on any atom is -0.324 e. The van der Waals surface area contributed by atoms with E-state index in [0.717, 1.165) is 0 Å². The minimum absolute atomic E-state index is 0.169. The quantitative estimate of drug-likeness (QED) is 0.623. The number of hydrogen-bond acceptors (Lipinski definition) is 3. The van der Waals surface area contributed by atoms with Crippen LogP contribution >= 0.6 is 7.60 Å². The Morgan fingerprint density at radius 3 is 2.09 bits per heavy atom. The van der Waals surface area contributed by atoms with Crippen LogP contribution in [0.3, 0.4) is 0 Å². The van der Waals surface area contributed by atoms with Crippen molar-refractivity contribution < 1.29 is 22.8 Å². The molecule has 11 heavy (non-hydrogen) atoms. The summed E-state index contributed by atoms with van der Waals surface area (Å²) in [6.07, 6.45) is 0.377. The third kappa shape index (κ3) is 6.50. The molecule has 0 aliphatic rings. The molecule has 0 aromatic carbocycles. The van der Waals surface area contributed by atoms with Crippen LogP contribution < -0.4 is 0 Å². The summed E-state index contributed by atoms with van der Waals surface area (Å²) >= 11 is 0. The molecule has 0 saturated carbocycles. The monoisotopic (exact) mass is 202 g/mol. The molecule has 5 nitrogen and oxygen atoms in total. The number of rotatable bonds is 4. The van der Waals surface area contributed by atoms with Crippen molar-refractivity contribution in [3.8, 4) is 0 Å². The lowest BCUT2D eigenvalue weighted by atomic mass is 10.6. The van der Waals surface area contributed by atoms with Crippen molar-refractivity contribution in [2.75, 3.05) is 11.2 Å². The maximum atomic E-state index is 10.8. The van der Waals surface area contributed by atoms with Gasteiger partial charge in [0.15, 0.2) is 15.3 Å². The van der Waals surface area contributed by atoms with Gasteiger partial charge in [0.1, 0.15) is 0 Å². The predicted molar refractivity (Wildman–Crippen MR) is 41.0 cm³/mol. The van der Waals surface area contributed by atoms with E-state index >= 15 is 0 Å². The van der Waals surface area contributed by atoms with Gasteiger partial charge in [-0.15, -0.1) is 0 Å². The van der Waals surface area contributed by atoms with Crippen LogP contribution in [0.1, 0.15) is 13.3 Å². The molecule has 0 aromatic rings. The van der Waals surface area contributed by atoms with Crippen molar-refractivity contribution in [3.05, 3.63) is 0 Å². The summed E-state index contributed by atoms with van der Waals surface area (Å²) < 4.78 is 31.7. The molecule has 0 heterocycles. The lowest BCUT2D eigenvalue weighted by molar-refractivity contribution is 0.378. The average Bonchev–Trinajstić information content (AvgIpc) is 1.55. The SMILES string of the molecule is CCCS(=O)(=O)CP(=O)(O)O. The van der Waals surface area contributed by atoms with Crippen molar-refractivity contribution >= 4 is 17.4 Å². The van der Waals surface area contributed by atoms with Gasteiger partial charge in [-0.05, 0) is 6.42 Å². The molecule has 0 aliphatic carbocycles. The first-order valence-electron chi connectivity index (χ1n) is 3.02. The highest BCUT2D eigenvalue weighted by molar-refractivity contribution is 7.97. The van der Waals surface area contributed by atoms with Gasteiger partial charge in [-0.25, -0.2) is 8.42 Å². The molecule has 2 N–H and O–H groups in total. The highest BCUT2D eigenvalue weighted by Crippen LogP contribution is 2.36. The van der Waals surface area contributed by atoms with E-state index in [1.807, 2.05) is 0 Å². The number of sulfone groups is 1. The summed E-state index contributed by atoms with van der Waals surface area (Å²) in [6, 6.07) is 0. The molecule has 0 rings (SSSR count). The molecule has 68 valence electrons. The van der Waals surface area contributed by atoms with Gasteiger partial charge in [0.05, 0.1) is 5.75 Å². The Morgan fingerprint density at radius 2 is 1.82 bits per heavy atom. The van der Waals surface area contributed by atoms with Crippen LogP contribution in [0, 0.1) is 0 Å². The second kappa shape index (κ2) is 3.67. The fourth-order valence-corrected chi connectivity index (χ4v) is 3.82. The van der Waals surface area contributed by atoms with E-state index in [-0.39, 0.29) is 5.75 Å². The zero-order chi connectivity index (χ0) is 9.12. The van der Waals surface area contributed by atoms with E-state index in [2.05, 4.69) is 0 Å². The van der Waals surface area contributed by atoms with Gasteiger partial charge in [-0.2, -0.15) is 0 Å². The van der Waals surface area contributed by atoms with Crippen LogP contribution in [0.25, 0.3) is 0 Å². The van der Waals surface area contributed by atoms with Gasteiger partial charge in [-0.3, -0.25) is 4.57 Å². The standard InChI is InChI=1S/C4H11O5PS/c1-2-3-11(8,9)4-10(5,6)7/h2-4H2,1H3,(H2,5,6,7). The van der Waals surface area contributed by atoms with Crippen molar-refractivity contribution in [2.45, 2.75) is 13.3 Å². The van der Waals surface area contributed by atoms with Gasteiger partial charge in [-0.1, -0.05) is 6.92 Å². The third-order valence-electron chi connectivity index (χ3n) is 0.880. The predicted octanol–water partition coefficient (Wildman–Crippen LogP) is -0.0536. The van der Waals surface area contributed by atoms with E-state index in [0.29, 0.717) is 6.42 Å². The first kappa shape index (κ1) is 11.1. The van der Waals surface area contributed by atoms with Crippen LogP contribution in [0.5, 0.6) is 0 Å². The minimum atomic E-state index is -4.40. The van der Waals surface area contributed by atoms with Crippen LogP contribution in [-0.4, -0.2) is 29.5 Å². The van der Waals surface area contributed by atoms with Crippen molar-refractivity contribution in [2.24, 2.45) is 0 Å². The summed E-state index contributed by atoms with van der Waals surface area (Å²) in [5.41, 5.74) is -1.03. The maximum Gasteiger partial charge on any atom is 0.340 e. The Hall–Kier alpha value is 0.1000. The smallest absolute Gasteiger partial charge is 0.324 e. The first-order chi connectivity index (χ1) is 4.77. The summed E-state index contributed by atoms with van der Waals surface area (Å²) in [7, 11) is -7.96. The summed E-state index contributed by atoms with van der Waals surface area (Å²) in [5, 5.41) is 0. The molecule has 0 bridgehead atoms. The summed E-state index contributed by atoms with van der Waals surface area (Å²) in [6.45, 7) is 1.64. The molecular weight excluding hydrogens is 191 g/mol. The first-order valence-corrected chi connectivity index (χ1v) is 6.64. The molecule has 0 radical (unpaired) electrons. The van der Waals surface area contributed by atoms with E-state index in [4.69, 9.17) is 9.79 Å². The van der Waals surface area contributed by atoms with Crippen LogP contribution in [0.15, 0.2) is 0 Å². The molecule has 0 saturated heterocycles. The molecule has 0 spiro atoms. The van der Waals surface area contributed by atoms with Gasteiger partial charge >= 0.3 is 7.60 Å². The molecule has 0 fully saturated rings. The average molecular weight is 202 g/mol. The van der Waals surface area contributed by atoms with Crippen LogP contribution in [0.2, 0.25) is 0 Å². The van der Waals surface area contributed by atoms with E-state index in [1.54, 1.807) is 6.92 Å². The fourth-order valence-electron chi connectivity index (χ4n) is 0.632. The van der Waals surface area contributed by atoms with Crippen LogP contribution in [-0.2, 0) is 14.4 Å². The second-order valence-electron chi connectivity index (χ2n) is 2.24. The van der Waals surface area contributed by atoms with Gasteiger partial charge in [0, 0.05) is 0 Å². The Balaban J connectivity index is 4.27. The fraction of sp³-hybridized carbons (Fsp3) is 1.00. The Kier molecular flexibility index (Phi) is 3.70.